The lowest BCUT2D eigenvalue weighted by Gasteiger charge is -2.19. The van der Waals surface area contributed by atoms with Crippen LogP contribution in [0.15, 0.2) is 60.7 Å². The Kier molecular flexibility index (Phi) is 4.42. The number of urea groups is 1. The van der Waals surface area contributed by atoms with E-state index in [0.29, 0.717) is 5.69 Å². The Hall–Kier alpha value is -2.95. The Bertz CT molecular complexity index is 890. The smallest absolute Gasteiger partial charge is 0.321 e. The summed E-state index contributed by atoms with van der Waals surface area (Å²) >= 11 is 0. The Morgan fingerprint density at radius 2 is 1.79 bits per heavy atom. The van der Waals surface area contributed by atoms with E-state index in [0.717, 1.165) is 16.8 Å². The van der Waals surface area contributed by atoms with Crippen molar-refractivity contribution in [2.45, 2.75) is 6.54 Å². The number of amides is 2. The van der Waals surface area contributed by atoms with Crippen LogP contribution in [0.2, 0.25) is 0 Å². The average molecular weight is 326 g/mol. The van der Waals surface area contributed by atoms with Gasteiger partial charge < -0.3 is 10.2 Å². The number of hydrogen-bond donors (Lipinski definition) is 1. The van der Waals surface area contributed by atoms with E-state index in [1.165, 1.54) is 17.0 Å². The van der Waals surface area contributed by atoms with Gasteiger partial charge in [0.15, 0.2) is 0 Å². The van der Waals surface area contributed by atoms with Crippen LogP contribution in [0.4, 0.5) is 19.3 Å². The number of rotatable bonds is 3. The zero-order chi connectivity index (χ0) is 17.1. The third kappa shape index (κ3) is 3.35. The van der Waals surface area contributed by atoms with Gasteiger partial charge in [0.25, 0.3) is 0 Å². The van der Waals surface area contributed by atoms with Crippen molar-refractivity contribution in [2.75, 3.05) is 12.4 Å². The van der Waals surface area contributed by atoms with Crippen LogP contribution in [0.1, 0.15) is 5.56 Å². The molecule has 0 fully saturated rings. The topological polar surface area (TPSA) is 32.3 Å². The summed E-state index contributed by atoms with van der Waals surface area (Å²) in [5.41, 5.74) is 0.941. The normalized spacial score (nSPS) is 10.6. The van der Waals surface area contributed by atoms with E-state index in [9.17, 15) is 13.6 Å². The number of nitrogens with zero attached hydrogens (tertiary/aromatic N) is 1. The Balaban J connectivity index is 1.76. The zero-order valence-corrected chi connectivity index (χ0v) is 13.1. The summed E-state index contributed by atoms with van der Waals surface area (Å²) in [5.74, 6) is -1.31. The molecule has 122 valence electrons. The van der Waals surface area contributed by atoms with Gasteiger partial charge >= 0.3 is 6.03 Å². The first kappa shape index (κ1) is 15.9. The Morgan fingerprint density at radius 1 is 1.04 bits per heavy atom. The largest absolute Gasteiger partial charge is 0.323 e. The summed E-state index contributed by atoms with van der Waals surface area (Å²) in [5, 5.41) is 4.77. The van der Waals surface area contributed by atoms with Crippen molar-refractivity contribution < 1.29 is 13.6 Å². The predicted molar refractivity (Wildman–Crippen MR) is 90.8 cm³/mol. The second-order valence-electron chi connectivity index (χ2n) is 5.55. The van der Waals surface area contributed by atoms with Crippen molar-refractivity contribution in [3.8, 4) is 0 Å². The first-order valence-electron chi connectivity index (χ1n) is 7.48. The summed E-state index contributed by atoms with van der Waals surface area (Å²) < 4.78 is 26.7. The minimum Gasteiger partial charge on any atom is -0.323 e. The lowest BCUT2D eigenvalue weighted by atomic mass is 10.1. The monoisotopic (exact) mass is 326 g/mol. The number of fused-ring (bicyclic) bond motifs is 1. The minimum absolute atomic E-state index is 0.0444. The van der Waals surface area contributed by atoms with Crippen LogP contribution >= 0.6 is 0 Å². The molecule has 3 aromatic rings. The first-order valence-corrected chi connectivity index (χ1v) is 7.48. The maximum absolute atomic E-state index is 13.7. The molecule has 0 aromatic heterocycles. The molecular weight excluding hydrogens is 310 g/mol. The number of halogens is 2. The lowest BCUT2D eigenvalue weighted by molar-refractivity contribution is 0.220. The summed E-state index contributed by atoms with van der Waals surface area (Å²) in [7, 11) is 1.56. The predicted octanol–water partition coefficient (Wildman–Crippen LogP) is 4.78. The van der Waals surface area contributed by atoms with Crippen molar-refractivity contribution >= 4 is 22.5 Å². The lowest BCUT2D eigenvalue weighted by Crippen LogP contribution is -2.31. The molecule has 2 amide bonds. The van der Waals surface area contributed by atoms with E-state index in [2.05, 4.69) is 5.32 Å². The van der Waals surface area contributed by atoms with Crippen LogP contribution in [0.5, 0.6) is 0 Å². The van der Waals surface area contributed by atoms with E-state index in [-0.39, 0.29) is 18.1 Å². The van der Waals surface area contributed by atoms with Crippen LogP contribution in [0, 0.1) is 11.6 Å². The van der Waals surface area contributed by atoms with Crippen molar-refractivity contribution in [3.05, 3.63) is 77.9 Å². The van der Waals surface area contributed by atoms with E-state index in [1.807, 2.05) is 42.5 Å². The summed E-state index contributed by atoms with van der Waals surface area (Å²) in [6.07, 6.45) is 0. The molecular formula is C19H16F2N2O. The fourth-order valence-electron chi connectivity index (χ4n) is 2.52. The fourth-order valence-corrected chi connectivity index (χ4v) is 2.52. The zero-order valence-electron chi connectivity index (χ0n) is 13.1. The molecule has 3 nitrogen and oxygen atoms in total. The molecule has 0 aliphatic carbocycles. The molecule has 3 aromatic carbocycles. The standard InChI is InChI=1S/C19H16F2N2O/c1-23(12-14-9-10-15(20)11-17(14)21)19(24)22-18-8-4-6-13-5-2-3-7-16(13)18/h2-11H,12H2,1H3,(H,22,24). The number of nitrogens with one attached hydrogen (secondary N) is 1. The van der Waals surface area contributed by atoms with Gasteiger partial charge in [0.2, 0.25) is 0 Å². The van der Waals surface area contributed by atoms with Crippen LogP contribution in [-0.4, -0.2) is 18.0 Å². The third-order valence-electron chi connectivity index (χ3n) is 3.80. The highest BCUT2D eigenvalue weighted by atomic mass is 19.1. The van der Waals surface area contributed by atoms with Gasteiger partial charge in [-0.3, -0.25) is 0 Å². The van der Waals surface area contributed by atoms with Crippen LogP contribution < -0.4 is 5.32 Å². The second kappa shape index (κ2) is 6.66. The second-order valence-corrected chi connectivity index (χ2v) is 5.55. The molecule has 0 heterocycles. The average Bonchev–Trinajstić information content (AvgIpc) is 2.57. The molecule has 0 atom stereocenters. The van der Waals surface area contributed by atoms with Crippen LogP contribution in [0.25, 0.3) is 10.8 Å². The molecule has 5 heteroatoms. The summed E-state index contributed by atoms with van der Waals surface area (Å²) in [6.45, 7) is 0.0444. The number of carbonyl (C=O) groups excluding carboxylic acids is 1. The highest BCUT2D eigenvalue weighted by molar-refractivity contribution is 6.01. The van der Waals surface area contributed by atoms with Gasteiger partial charge in [-0.1, -0.05) is 42.5 Å². The molecule has 0 aliphatic rings. The SMILES string of the molecule is CN(Cc1ccc(F)cc1F)C(=O)Nc1cccc2ccccc12. The van der Waals surface area contributed by atoms with Gasteiger partial charge in [-0.15, -0.1) is 0 Å². The minimum atomic E-state index is -0.667. The van der Waals surface area contributed by atoms with Gasteiger partial charge in [0, 0.05) is 30.6 Å². The van der Waals surface area contributed by atoms with E-state index in [4.69, 9.17) is 0 Å². The highest BCUT2D eigenvalue weighted by Crippen LogP contribution is 2.23. The third-order valence-corrected chi connectivity index (χ3v) is 3.80. The van der Waals surface area contributed by atoms with Gasteiger partial charge in [-0.05, 0) is 17.5 Å². The van der Waals surface area contributed by atoms with E-state index in [1.54, 1.807) is 7.05 Å². The fraction of sp³-hybridized carbons (Fsp3) is 0.105. The summed E-state index contributed by atoms with van der Waals surface area (Å²) in [4.78, 5) is 13.7. The summed E-state index contributed by atoms with van der Waals surface area (Å²) in [6, 6.07) is 16.3. The number of hydrogen-bond acceptors (Lipinski definition) is 1. The van der Waals surface area contributed by atoms with Crippen molar-refractivity contribution in [2.24, 2.45) is 0 Å². The Labute approximate surface area is 138 Å². The maximum atomic E-state index is 13.7. The Morgan fingerprint density at radius 3 is 2.58 bits per heavy atom. The number of anilines is 1. The molecule has 0 spiro atoms. The van der Waals surface area contributed by atoms with Crippen LogP contribution in [0.3, 0.4) is 0 Å². The number of benzene rings is 3. The van der Waals surface area contributed by atoms with E-state index >= 15 is 0 Å². The van der Waals surface area contributed by atoms with Crippen LogP contribution in [-0.2, 0) is 6.54 Å². The van der Waals surface area contributed by atoms with Crippen molar-refractivity contribution in [1.82, 2.24) is 4.90 Å². The molecule has 0 radical (unpaired) electrons. The maximum Gasteiger partial charge on any atom is 0.321 e. The highest BCUT2D eigenvalue weighted by Gasteiger charge is 2.13. The molecule has 0 saturated heterocycles. The van der Waals surface area contributed by atoms with E-state index < -0.39 is 11.6 Å². The molecule has 0 saturated carbocycles. The molecule has 0 aliphatic heterocycles. The van der Waals surface area contributed by atoms with Gasteiger partial charge in [-0.2, -0.15) is 0 Å². The molecule has 1 N–H and O–H groups in total. The number of carbonyl (C=O) groups is 1. The van der Waals surface area contributed by atoms with Crippen molar-refractivity contribution in [1.29, 1.82) is 0 Å². The molecule has 0 unspecified atom stereocenters. The van der Waals surface area contributed by atoms with Gasteiger partial charge in [0.1, 0.15) is 11.6 Å². The quantitative estimate of drug-likeness (QED) is 0.738. The molecule has 0 bridgehead atoms. The molecule has 24 heavy (non-hydrogen) atoms. The van der Waals surface area contributed by atoms with Gasteiger partial charge in [-0.25, -0.2) is 13.6 Å². The molecule has 3 rings (SSSR count). The van der Waals surface area contributed by atoms with Gasteiger partial charge in [0.05, 0.1) is 5.69 Å². The first-order chi connectivity index (χ1) is 11.5. The van der Waals surface area contributed by atoms with Crippen molar-refractivity contribution in [3.63, 3.8) is 0 Å².